The van der Waals surface area contributed by atoms with Gasteiger partial charge in [-0.1, -0.05) is 18.2 Å². The molecule has 3 amide bonds. The zero-order valence-corrected chi connectivity index (χ0v) is 16.9. The van der Waals surface area contributed by atoms with Gasteiger partial charge in [-0.2, -0.15) is 0 Å². The van der Waals surface area contributed by atoms with Gasteiger partial charge in [-0.25, -0.2) is 4.79 Å². The highest BCUT2D eigenvalue weighted by molar-refractivity contribution is 5.95. The Kier molecular flexibility index (Phi) is 9.55. The monoisotopic (exact) mass is 398 g/mol. The van der Waals surface area contributed by atoms with Crippen LogP contribution in [0.15, 0.2) is 30.3 Å². The first-order valence-electron chi connectivity index (χ1n) is 9.17. The van der Waals surface area contributed by atoms with E-state index in [-0.39, 0.29) is 24.4 Å². The van der Waals surface area contributed by atoms with Crippen molar-refractivity contribution < 1.29 is 14.3 Å². The summed E-state index contributed by atoms with van der Waals surface area (Å²) in [6, 6.07) is 8.75. The van der Waals surface area contributed by atoms with E-state index >= 15 is 0 Å². The molecule has 1 aliphatic heterocycles. The Balaban J connectivity index is 0.00000364. The number of hydrogen-bond acceptors (Lipinski definition) is 4. The average molecular weight is 399 g/mol. The number of rotatable bonds is 7. The minimum atomic E-state index is -0.980. The Labute approximate surface area is 167 Å². The number of nitrogens with two attached hydrogens (primary N) is 1. The summed E-state index contributed by atoms with van der Waals surface area (Å²) < 4.78 is 5.77. The number of halogens is 1. The molecular weight excluding hydrogens is 368 g/mol. The molecule has 4 N–H and O–H groups in total. The third-order valence-electron chi connectivity index (χ3n) is 4.42. The number of carbonyl (C=O) groups is 2. The summed E-state index contributed by atoms with van der Waals surface area (Å²) in [5, 5.41) is 5.51. The van der Waals surface area contributed by atoms with Crippen LogP contribution in [0.1, 0.15) is 33.1 Å². The topological polar surface area (TPSA) is 96.7 Å². The van der Waals surface area contributed by atoms with Gasteiger partial charge >= 0.3 is 6.03 Å². The number of para-hydroxylation sites is 1. The van der Waals surface area contributed by atoms with E-state index in [0.717, 1.165) is 19.3 Å². The molecule has 8 heteroatoms. The molecule has 0 saturated carbocycles. The number of anilines is 1. The summed E-state index contributed by atoms with van der Waals surface area (Å²) >= 11 is 0. The van der Waals surface area contributed by atoms with Gasteiger partial charge in [0, 0.05) is 25.4 Å². The lowest BCUT2D eigenvalue weighted by Crippen LogP contribution is -2.58. The van der Waals surface area contributed by atoms with Crippen molar-refractivity contribution in [1.29, 1.82) is 0 Å². The van der Waals surface area contributed by atoms with Crippen molar-refractivity contribution in [3.8, 4) is 0 Å². The molecule has 27 heavy (non-hydrogen) atoms. The normalized spacial score (nSPS) is 15.0. The van der Waals surface area contributed by atoms with Crippen LogP contribution in [0.2, 0.25) is 0 Å². The Morgan fingerprint density at radius 2 is 1.85 bits per heavy atom. The fourth-order valence-corrected chi connectivity index (χ4v) is 2.98. The van der Waals surface area contributed by atoms with E-state index in [4.69, 9.17) is 10.5 Å². The first-order valence-corrected chi connectivity index (χ1v) is 9.17. The molecule has 1 heterocycles. The largest absolute Gasteiger partial charge is 0.378 e. The Morgan fingerprint density at radius 1 is 1.22 bits per heavy atom. The van der Waals surface area contributed by atoms with E-state index in [1.165, 1.54) is 0 Å². The highest BCUT2D eigenvalue weighted by Crippen LogP contribution is 2.18. The van der Waals surface area contributed by atoms with Crippen molar-refractivity contribution >= 4 is 30.0 Å². The lowest BCUT2D eigenvalue weighted by Gasteiger charge is -2.37. The van der Waals surface area contributed by atoms with Crippen LogP contribution in [-0.2, 0) is 9.53 Å². The van der Waals surface area contributed by atoms with Crippen LogP contribution in [0.3, 0.4) is 0 Å². The second kappa shape index (κ2) is 11.1. The minimum Gasteiger partial charge on any atom is -0.378 e. The second-order valence-electron chi connectivity index (χ2n) is 7.07. The van der Waals surface area contributed by atoms with Crippen molar-refractivity contribution in [2.24, 2.45) is 5.73 Å². The summed E-state index contributed by atoms with van der Waals surface area (Å²) in [7, 11) is 0. The van der Waals surface area contributed by atoms with Gasteiger partial charge in [0.1, 0.15) is 5.54 Å². The number of amides is 3. The third-order valence-corrected chi connectivity index (χ3v) is 4.42. The summed E-state index contributed by atoms with van der Waals surface area (Å²) in [5.41, 5.74) is 5.17. The fourth-order valence-electron chi connectivity index (χ4n) is 2.98. The van der Waals surface area contributed by atoms with Crippen molar-refractivity contribution in [3.05, 3.63) is 30.3 Å². The summed E-state index contributed by atoms with van der Waals surface area (Å²) in [5.74, 6) is -0.0823. The number of benzene rings is 1. The van der Waals surface area contributed by atoms with Gasteiger partial charge < -0.3 is 26.0 Å². The molecule has 1 aromatic rings. The minimum absolute atomic E-state index is 0. The molecule has 1 aromatic carbocycles. The van der Waals surface area contributed by atoms with Crippen molar-refractivity contribution in [2.45, 2.75) is 44.8 Å². The maximum Gasteiger partial charge on any atom is 0.320 e. The molecule has 1 saturated heterocycles. The number of piperidine rings is 1. The number of nitrogens with zero attached hydrogens (tertiary/aromatic N) is 1. The highest BCUT2D eigenvalue weighted by atomic mass is 35.5. The van der Waals surface area contributed by atoms with Gasteiger partial charge in [0.05, 0.1) is 6.10 Å². The van der Waals surface area contributed by atoms with Crippen LogP contribution < -0.4 is 16.4 Å². The number of nitrogens with one attached hydrogen (secondary N) is 2. The van der Waals surface area contributed by atoms with Crippen molar-refractivity contribution in [1.82, 2.24) is 10.2 Å². The molecular formula is C19H31ClN4O3. The molecule has 0 unspecified atom stereocenters. The number of likely N-dealkylation sites (tertiary alicyclic amines) is 1. The maximum absolute atomic E-state index is 12.8. The molecule has 1 aliphatic rings. The molecule has 7 nitrogen and oxygen atoms in total. The average Bonchev–Trinajstić information content (AvgIpc) is 2.62. The Bertz CT molecular complexity index is 590. The van der Waals surface area contributed by atoms with Gasteiger partial charge in [0.15, 0.2) is 0 Å². The first kappa shape index (κ1) is 23.2. The van der Waals surface area contributed by atoms with Gasteiger partial charge in [-0.15, -0.1) is 12.4 Å². The summed E-state index contributed by atoms with van der Waals surface area (Å²) in [6.07, 6.45) is 2.65. The van der Waals surface area contributed by atoms with Crippen LogP contribution in [0.25, 0.3) is 0 Å². The summed E-state index contributed by atoms with van der Waals surface area (Å²) in [4.78, 5) is 26.8. The standard InChI is InChI=1S/C19H30N4O3.ClH/c1-19(2,22-18(25)21-15-7-4-3-5-8-15)17(24)23-12-9-16(10-13-23)26-14-6-11-20;/h3-5,7-8,16H,6,9-14,20H2,1-2H3,(H2,21,22,25);1H. The van der Waals surface area contributed by atoms with E-state index in [1.54, 1.807) is 30.9 Å². The zero-order valence-electron chi connectivity index (χ0n) is 16.1. The van der Waals surface area contributed by atoms with Crippen molar-refractivity contribution in [2.75, 3.05) is 31.6 Å². The smallest absolute Gasteiger partial charge is 0.320 e. The number of urea groups is 1. The lowest BCUT2D eigenvalue weighted by atomic mass is 10.0. The van der Waals surface area contributed by atoms with Gasteiger partial charge in [-0.05, 0) is 51.8 Å². The predicted molar refractivity (Wildman–Crippen MR) is 109 cm³/mol. The van der Waals surface area contributed by atoms with E-state index in [9.17, 15) is 9.59 Å². The van der Waals surface area contributed by atoms with Crippen molar-refractivity contribution in [3.63, 3.8) is 0 Å². The van der Waals surface area contributed by atoms with E-state index in [2.05, 4.69) is 10.6 Å². The molecule has 0 atom stereocenters. The molecule has 0 bridgehead atoms. The molecule has 152 valence electrons. The van der Waals surface area contributed by atoms with Gasteiger partial charge in [0.2, 0.25) is 5.91 Å². The van der Waals surface area contributed by atoms with Crippen LogP contribution in [-0.4, -0.2) is 54.7 Å². The van der Waals surface area contributed by atoms with E-state index < -0.39 is 11.6 Å². The fraction of sp³-hybridized carbons (Fsp3) is 0.579. The van der Waals surface area contributed by atoms with Gasteiger partial charge in [-0.3, -0.25) is 4.79 Å². The maximum atomic E-state index is 12.8. The molecule has 0 spiro atoms. The quantitative estimate of drug-likeness (QED) is 0.614. The predicted octanol–water partition coefficient (Wildman–Crippen LogP) is 2.36. The van der Waals surface area contributed by atoms with Crippen LogP contribution in [0.5, 0.6) is 0 Å². The molecule has 0 aromatic heterocycles. The van der Waals surface area contributed by atoms with Crippen LogP contribution >= 0.6 is 12.4 Å². The lowest BCUT2D eigenvalue weighted by molar-refractivity contribution is -0.139. The van der Waals surface area contributed by atoms with Crippen LogP contribution in [0, 0.1) is 0 Å². The second-order valence-corrected chi connectivity index (χ2v) is 7.07. The zero-order chi connectivity index (χ0) is 19.0. The van der Waals surface area contributed by atoms with E-state index in [1.807, 2.05) is 18.2 Å². The third kappa shape index (κ3) is 7.36. The highest BCUT2D eigenvalue weighted by Gasteiger charge is 2.35. The number of carbonyl (C=O) groups excluding carboxylic acids is 2. The molecule has 1 fully saturated rings. The summed E-state index contributed by atoms with van der Waals surface area (Å²) in [6.45, 7) is 6.02. The van der Waals surface area contributed by atoms with Gasteiger partial charge in [0.25, 0.3) is 0 Å². The number of ether oxygens (including phenoxy) is 1. The number of hydrogen-bond donors (Lipinski definition) is 3. The van der Waals surface area contributed by atoms with Crippen LogP contribution in [0.4, 0.5) is 10.5 Å². The molecule has 2 rings (SSSR count). The SMILES string of the molecule is CC(C)(NC(=O)Nc1ccccc1)C(=O)N1CCC(OCCCN)CC1.Cl. The van der Waals surface area contributed by atoms with E-state index in [0.29, 0.717) is 31.9 Å². The Hall–Kier alpha value is -1.83. The molecule has 0 aliphatic carbocycles. The first-order chi connectivity index (χ1) is 12.4. The molecule has 0 radical (unpaired) electrons. The Morgan fingerprint density at radius 3 is 2.44 bits per heavy atom.